The van der Waals surface area contributed by atoms with Crippen molar-refractivity contribution < 1.29 is 15.0 Å². The normalized spacial score (nSPS) is 24.8. The molecule has 1 aromatic carbocycles. The van der Waals surface area contributed by atoms with Crippen LogP contribution in [-0.2, 0) is 18.3 Å². The van der Waals surface area contributed by atoms with Crippen LogP contribution in [0.3, 0.4) is 0 Å². The summed E-state index contributed by atoms with van der Waals surface area (Å²) in [7, 11) is 1.98. The topological polar surface area (TPSA) is 74.5 Å². The van der Waals surface area contributed by atoms with Crippen molar-refractivity contribution in [2.24, 2.45) is 13.0 Å². The zero-order chi connectivity index (χ0) is 15.7. The molecule has 0 spiro atoms. The zero-order valence-electron chi connectivity index (χ0n) is 12.7. The lowest BCUT2D eigenvalue weighted by Crippen LogP contribution is -2.34. The molecule has 0 unspecified atom stereocenters. The number of carbonyl (C=O) groups is 1. The highest BCUT2D eigenvalue weighted by Gasteiger charge is 2.33. The highest BCUT2D eigenvalue weighted by Crippen LogP contribution is 2.26. The lowest BCUT2D eigenvalue weighted by atomic mass is 10.1. The minimum atomic E-state index is -0.521. The fraction of sp³-hybridized carbons (Fsp3) is 0.471. The van der Waals surface area contributed by atoms with Crippen LogP contribution in [-0.4, -0.2) is 39.4 Å². The number of nitrogens with zero attached hydrogens (tertiary/aromatic N) is 1. The van der Waals surface area contributed by atoms with E-state index in [0.717, 1.165) is 16.5 Å². The molecule has 0 bridgehead atoms. The van der Waals surface area contributed by atoms with E-state index in [4.69, 9.17) is 5.11 Å². The van der Waals surface area contributed by atoms with Gasteiger partial charge in [-0.3, -0.25) is 4.79 Å². The molecule has 0 aliphatic heterocycles. The van der Waals surface area contributed by atoms with Gasteiger partial charge < -0.3 is 20.1 Å². The van der Waals surface area contributed by atoms with Gasteiger partial charge >= 0.3 is 0 Å². The fourth-order valence-electron chi connectivity index (χ4n) is 3.43. The third-order valence-corrected chi connectivity index (χ3v) is 4.59. The van der Waals surface area contributed by atoms with E-state index in [1.54, 1.807) is 0 Å². The van der Waals surface area contributed by atoms with Gasteiger partial charge in [-0.25, -0.2) is 0 Å². The molecule has 3 atom stereocenters. The second kappa shape index (κ2) is 6.10. The van der Waals surface area contributed by atoms with Crippen molar-refractivity contribution in [2.75, 3.05) is 6.61 Å². The van der Waals surface area contributed by atoms with E-state index in [2.05, 4.69) is 5.32 Å². The van der Waals surface area contributed by atoms with Crippen molar-refractivity contribution in [1.29, 1.82) is 0 Å². The number of carbonyl (C=O) groups excluding carboxylic acids is 1. The van der Waals surface area contributed by atoms with Gasteiger partial charge in [-0.05, 0) is 24.5 Å². The Kier molecular flexibility index (Phi) is 4.18. The summed E-state index contributed by atoms with van der Waals surface area (Å²) in [5, 5.41) is 23.0. The standard InChI is InChI=1S/C17H22N2O3/c1-19-9-11(14-4-2-3-5-15(14)19)7-17(22)18-13-6-12(10-20)16(21)8-13/h2-5,9,12-13,16,20-21H,6-8,10H2,1H3,(H,18,22)/t12-,13+,16+/m0/s1. The molecule has 1 aliphatic rings. The molecular weight excluding hydrogens is 280 g/mol. The highest BCUT2D eigenvalue weighted by atomic mass is 16.3. The van der Waals surface area contributed by atoms with Crippen LogP contribution >= 0.6 is 0 Å². The molecule has 1 aliphatic carbocycles. The average Bonchev–Trinajstić information content (AvgIpc) is 3.00. The SMILES string of the molecule is Cn1cc(CC(=O)N[C@@H]2C[C@@H](CO)[C@H](O)C2)c2ccccc21. The Labute approximate surface area is 129 Å². The number of nitrogens with one attached hydrogen (secondary N) is 1. The third kappa shape index (κ3) is 2.87. The summed E-state index contributed by atoms with van der Waals surface area (Å²) in [5.74, 6) is -0.157. The number of fused-ring (bicyclic) bond motifs is 1. The van der Waals surface area contributed by atoms with Crippen LogP contribution < -0.4 is 5.32 Å². The number of aliphatic hydroxyl groups excluding tert-OH is 2. The van der Waals surface area contributed by atoms with Gasteiger partial charge in [0.05, 0.1) is 12.5 Å². The monoisotopic (exact) mass is 302 g/mol. The third-order valence-electron chi connectivity index (χ3n) is 4.59. The number of aliphatic hydroxyl groups is 2. The Balaban J connectivity index is 1.67. The van der Waals surface area contributed by atoms with Crippen LogP contribution in [0, 0.1) is 5.92 Å². The van der Waals surface area contributed by atoms with Gasteiger partial charge in [0.15, 0.2) is 0 Å². The van der Waals surface area contributed by atoms with Crippen molar-refractivity contribution >= 4 is 16.8 Å². The number of hydrogen-bond donors (Lipinski definition) is 3. The van der Waals surface area contributed by atoms with E-state index in [1.165, 1.54) is 0 Å². The number of aryl methyl sites for hydroxylation is 1. The summed E-state index contributed by atoms with van der Waals surface area (Å²) in [6.07, 6.45) is 2.96. The van der Waals surface area contributed by atoms with E-state index < -0.39 is 6.10 Å². The molecule has 3 rings (SSSR count). The molecule has 5 nitrogen and oxygen atoms in total. The number of hydrogen-bond acceptors (Lipinski definition) is 3. The summed E-state index contributed by atoms with van der Waals surface area (Å²) >= 11 is 0. The van der Waals surface area contributed by atoms with Gasteiger partial charge in [0.2, 0.25) is 5.91 Å². The molecule has 22 heavy (non-hydrogen) atoms. The predicted octanol–water partition coefficient (Wildman–Crippen LogP) is 0.969. The first kappa shape index (κ1) is 15.1. The molecule has 5 heteroatoms. The molecule has 1 saturated carbocycles. The lowest BCUT2D eigenvalue weighted by Gasteiger charge is -2.12. The van der Waals surface area contributed by atoms with Gasteiger partial charge in [0, 0.05) is 42.7 Å². The second-order valence-corrected chi connectivity index (χ2v) is 6.21. The van der Waals surface area contributed by atoms with Gasteiger partial charge in [0.1, 0.15) is 0 Å². The summed E-state index contributed by atoms with van der Waals surface area (Å²) in [4.78, 5) is 12.3. The minimum Gasteiger partial charge on any atom is -0.396 e. The number of benzene rings is 1. The summed E-state index contributed by atoms with van der Waals surface area (Å²) in [6, 6.07) is 7.98. The van der Waals surface area contributed by atoms with Crippen molar-refractivity contribution in [3.05, 3.63) is 36.0 Å². The molecule has 2 aromatic rings. The predicted molar refractivity (Wildman–Crippen MR) is 84.4 cm³/mol. The molecule has 1 aromatic heterocycles. The molecule has 0 radical (unpaired) electrons. The van der Waals surface area contributed by atoms with Crippen LogP contribution in [0.4, 0.5) is 0 Å². The Morgan fingerprint density at radius 2 is 2.14 bits per heavy atom. The lowest BCUT2D eigenvalue weighted by molar-refractivity contribution is -0.121. The molecule has 0 saturated heterocycles. The molecular formula is C17H22N2O3. The Hall–Kier alpha value is -1.85. The van der Waals surface area contributed by atoms with E-state index in [0.29, 0.717) is 19.3 Å². The van der Waals surface area contributed by atoms with Crippen LogP contribution in [0.15, 0.2) is 30.5 Å². The number of amides is 1. The quantitative estimate of drug-likeness (QED) is 0.788. The van der Waals surface area contributed by atoms with Crippen molar-refractivity contribution in [2.45, 2.75) is 31.4 Å². The number of aromatic nitrogens is 1. The van der Waals surface area contributed by atoms with Gasteiger partial charge in [-0.1, -0.05) is 18.2 Å². The van der Waals surface area contributed by atoms with Gasteiger partial charge in [-0.15, -0.1) is 0 Å². The van der Waals surface area contributed by atoms with Crippen LogP contribution in [0.1, 0.15) is 18.4 Å². The smallest absolute Gasteiger partial charge is 0.224 e. The van der Waals surface area contributed by atoms with Gasteiger partial charge in [0.25, 0.3) is 0 Å². The summed E-state index contributed by atoms with van der Waals surface area (Å²) < 4.78 is 2.03. The molecule has 1 fully saturated rings. The Morgan fingerprint density at radius 3 is 2.86 bits per heavy atom. The highest BCUT2D eigenvalue weighted by molar-refractivity contribution is 5.89. The average molecular weight is 302 g/mol. The molecule has 1 heterocycles. The first-order valence-electron chi connectivity index (χ1n) is 7.69. The summed E-state index contributed by atoms with van der Waals surface area (Å²) in [5.41, 5.74) is 2.12. The van der Waals surface area contributed by atoms with Crippen LogP contribution in [0.25, 0.3) is 10.9 Å². The van der Waals surface area contributed by atoms with Crippen molar-refractivity contribution in [1.82, 2.24) is 9.88 Å². The zero-order valence-corrected chi connectivity index (χ0v) is 12.7. The maximum Gasteiger partial charge on any atom is 0.224 e. The Bertz CT molecular complexity index is 680. The Morgan fingerprint density at radius 1 is 1.36 bits per heavy atom. The molecule has 118 valence electrons. The largest absolute Gasteiger partial charge is 0.396 e. The van der Waals surface area contributed by atoms with E-state index in [1.807, 2.05) is 42.1 Å². The van der Waals surface area contributed by atoms with E-state index in [9.17, 15) is 9.90 Å². The van der Waals surface area contributed by atoms with Crippen molar-refractivity contribution in [3.8, 4) is 0 Å². The summed E-state index contributed by atoms with van der Waals surface area (Å²) in [6.45, 7) is -0.0309. The minimum absolute atomic E-state index is 0.0309. The first-order chi connectivity index (χ1) is 10.6. The van der Waals surface area contributed by atoms with Crippen LogP contribution in [0.2, 0.25) is 0 Å². The maximum absolute atomic E-state index is 12.3. The van der Waals surface area contributed by atoms with E-state index >= 15 is 0 Å². The number of rotatable bonds is 4. The first-order valence-corrected chi connectivity index (χ1v) is 7.69. The molecule has 1 amide bonds. The van der Waals surface area contributed by atoms with Crippen molar-refractivity contribution in [3.63, 3.8) is 0 Å². The maximum atomic E-state index is 12.3. The van der Waals surface area contributed by atoms with Crippen LogP contribution in [0.5, 0.6) is 0 Å². The number of para-hydroxylation sites is 1. The van der Waals surface area contributed by atoms with E-state index in [-0.39, 0.29) is 24.5 Å². The fourth-order valence-corrected chi connectivity index (χ4v) is 3.43. The molecule has 3 N–H and O–H groups in total. The second-order valence-electron chi connectivity index (χ2n) is 6.21. The van der Waals surface area contributed by atoms with Gasteiger partial charge in [-0.2, -0.15) is 0 Å².